The molecule has 1 aromatic rings. The van der Waals surface area contributed by atoms with Gasteiger partial charge in [-0.2, -0.15) is 0 Å². The third-order valence-electron chi connectivity index (χ3n) is 2.03. The predicted molar refractivity (Wildman–Crippen MR) is 49.5 cm³/mol. The van der Waals surface area contributed by atoms with E-state index >= 15 is 0 Å². The van der Waals surface area contributed by atoms with E-state index < -0.39 is 17.9 Å². The van der Waals surface area contributed by atoms with Crippen LogP contribution in [0.25, 0.3) is 0 Å². The smallest absolute Gasteiger partial charge is 0.335 e. The number of carboxylic acid groups (broad SMARTS) is 2. The van der Waals surface area contributed by atoms with E-state index in [-0.39, 0.29) is 5.56 Å². The molecule has 0 heterocycles. The molecule has 1 aromatic carbocycles. The molecule has 14 heavy (non-hydrogen) atoms. The number of carboxylic acids is 2. The Hall–Kier alpha value is -1.84. The Morgan fingerprint density at radius 3 is 2.00 bits per heavy atom. The minimum Gasteiger partial charge on any atom is -0.481 e. The first-order chi connectivity index (χ1) is 6.52. The van der Waals surface area contributed by atoms with Crippen molar-refractivity contribution in [2.45, 2.75) is 12.8 Å². The van der Waals surface area contributed by atoms with E-state index in [0.717, 1.165) is 0 Å². The summed E-state index contributed by atoms with van der Waals surface area (Å²) in [6.07, 6.45) is 0. The summed E-state index contributed by atoms with van der Waals surface area (Å²) in [5.41, 5.74) is 0.758. The topological polar surface area (TPSA) is 74.6 Å². The van der Waals surface area contributed by atoms with E-state index in [1.807, 2.05) is 0 Å². The zero-order valence-corrected chi connectivity index (χ0v) is 7.60. The molecule has 4 heteroatoms. The Kier molecular flexibility index (Phi) is 2.86. The van der Waals surface area contributed by atoms with Gasteiger partial charge in [-0.25, -0.2) is 4.79 Å². The maximum absolute atomic E-state index is 10.6. The maximum Gasteiger partial charge on any atom is 0.335 e. The third-order valence-corrected chi connectivity index (χ3v) is 2.03. The first-order valence-corrected chi connectivity index (χ1v) is 4.08. The highest BCUT2D eigenvalue weighted by Gasteiger charge is 2.13. The first kappa shape index (κ1) is 10.2. The molecule has 0 aliphatic rings. The van der Waals surface area contributed by atoms with Crippen LogP contribution < -0.4 is 0 Å². The van der Waals surface area contributed by atoms with Gasteiger partial charge in [0.2, 0.25) is 0 Å². The Morgan fingerprint density at radius 2 is 1.64 bits per heavy atom. The van der Waals surface area contributed by atoms with Gasteiger partial charge >= 0.3 is 11.9 Å². The van der Waals surface area contributed by atoms with Crippen LogP contribution >= 0.6 is 0 Å². The van der Waals surface area contributed by atoms with Crippen LogP contribution in [0.5, 0.6) is 0 Å². The lowest BCUT2D eigenvalue weighted by molar-refractivity contribution is -0.138. The number of benzene rings is 1. The molecule has 4 nitrogen and oxygen atoms in total. The van der Waals surface area contributed by atoms with Crippen molar-refractivity contribution in [1.29, 1.82) is 0 Å². The molecule has 0 saturated heterocycles. The van der Waals surface area contributed by atoms with Crippen LogP contribution in [0.1, 0.15) is 28.8 Å². The van der Waals surface area contributed by atoms with Gasteiger partial charge < -0.3 is 10.2 Å². The van der Waals surface area contributed by atoms with Gasteiger partial charge in [0.1, 0.15) is 0 Å². The highest BCUT2D eigenvalue weighted by Crippen LogP contribution is 2.15. The van der Waals surface area contributed by atoms with E-state index in [4.69, 9.17) is 10.2 Å². The fourth-order valence-electron chi connectivity index (χ4n) is 1.06. The molecule has 0 bridgehead atoms. The zero-order valence-electron chi connectivity index (χ0n) is 7.60. The van der Waals surface area contributed by atoms with Crippen molar-refractivity contribution in [3.63, 3.8) is 0 Å². The fraction of sp³-hybridized carbons (Fsp3) is 0.200. The first-order valence-electron chi connectivity index (χ1n) is 4.08. The van der Waals surface area contributed by atoms with E-state index in [9.17, 15) is 9.59 Å². The van der Waals surface area contributed by atoms with Crippen LogP contribution in [0.3, 0.4) is 0 Å². The summed E-state index contributed by atoms with van der Waals surface area (Å²) in [5, 5.41) is 17.3. The van der Waals surface area contributed by atoms with Gasteiger partial charge in [-0.1, -0.05) is 12.1 Å². The van der Waals surface area contributed by atoms with Crippen LogP contribution in [0.15, 0.2) is 24.3 Å². The fourth-order valence-corrected chi connectivity index (χ4v) is 1.06. The summed E-state index contributed by atoms with van der Waals surface area (Å²) >= 11 is 0. The number of aromatic carboxylic acids is 1. The molecule has 0 aliphatic heterocycles. The molecule has 0 radical (unpaired) electrons. The van der Waals surface area contributed by atoms with Gasteiger partial charge in [0, 0.05) is 0 Å². The predicted octanol–water partition coefficient (Wildman–Crippen LogP) is 1.57. The summed E-state index contributed by atoms with van der Waals surface area (Å²) in [6.45, 7) is 1.55. The van der Waals surface area contributed by atoms with Crippen LogP contribution in [-0.2, 0) is 4.79 Å². The van der Waals surface area contributed by atoms with Gasteiger partial charge in [-0.05, 0) is 24.6 Å². The maximum atomic E-state index is 10.6. The average Bonchev–Trinajstić information content (AvgIpc) is 2.16. The lowest BCUT2D eigenvalue weighted by Crippen LogP contribution is -2.07. The van der Waals surface area contributed by atoms with Crippen LogP contribution in [0.2, 0.25) is 0 Å². The Balaban J connectivity index is 2.94. The Morgan fingerprint density at radius 1 is 1.14 bits per heavy atom. The van der Waals surface area contributed by atoms with Gasteiger partial charge in [0.05, 0.1) is 11.5 Å². The van der Waals surface area contributed by atoms with Gasteiger partial charge in [0.15, 0.2) is 0 Å². The van der Waals surface area contributed by atoms with E-state index in [0.29, 0.717) is 5.56 Å². The van der Waals surface area contributed by atoms with Crippen LogP contribution in [0, 0.1) is 0 Å². The van der Waals surface area contributed by atoms with Crippen molar-refractivity contribution in [3.8, 4) is 0 Å². The van der Waals surface area contributed by atoms with E-state index in [1.165, 1.54) is 24.3 Å². The van der Waals surface area contributed by atoms with Gasteiger partial charge in [-0.15, -0.1) is 0 Å². The minimum atomic E-state index is -1.01. The summed E-state index contributed by atoms with van der Waals surface area (Å²) in [6, 6.07) is 5.83. The summed E-state index contributed by atoms with van der Waals surface area (Å²) in [7, 11) is 0. The second-order valence-electron chi connectivity index (χ2n) is 2.99. The van der Waals surface area contributed by atoms with Gasteiger partial charge in [-0.3, -0.25) is 4.79 Å². The highest BCUT2D eigenvalue weighted by atomic mass is 16.4. The number of hydrogen-bond donors (Lipinski definition) is 2. The monoisotopic (exact) mass is 194 g/mol. The molecule has 74 valence electrons. The number of rotatable bonds is 3. The largest absolute Gasteiger partial charge is 0.481 e. The molecule has 0 spiro atoms. The van der Waals surface area contributed by atoms with Crippen molar-refractivity contribution in [2.75, 3.05) is 0 Å². The van der Waals surface area contributed by atoms with Gasteiger partial charge in [0.25, 0.3) is 0 Å². The second-order valence-corrected chi connectivity index (χ2v) is 2.99. The second kappa shape index (κ2) is 3.91. The number of hydrogen-bond acceptors (Lipinski definition) is 2. The summed E-state index contributed by atoms with van der Waals surface area (Å²) in [4.78, 5) is 21.1. The van der Waals surface area contributed by atoms with E-state index in [2.05, 4.69) is 0 Å². The zero-order chi connectivity index (χ0) is 10.7. The summed E-state index contributed by atoms with van der Waals surface area (Å²) < 4.78 is 0. The molecular weight excluding hydrogens is 184 g/mol. The molecule has 1 atom stereocenters. The van der Waals surface area contributed by atoms with Crippen molar-refractivity contribution < 1.29 is 19.8 Å². The van der Waals surface area contributed by atoms with Crippen molar-refractivity contribution in [3.05, 3.63) is 35.4 Å². The molecule has 0 fully saturated rings. The average molecular weight is 194 g/mol. The SMILES string of the molecule is C[C@H](C(=O)O)c1ccc(C(=O)O)cc1. The Bertz CT molecular complexity index is 353. The lowest BCUT2D eigenvalue weighted by Gasteiger charge is -2.05. The molecule has 0 amide bonds. The lowest BCUT2D eigenvalue weighted by atomic mass is 10.0. The third kappa shape index (κ3) is 2.10. The summed E-state index contributed by atoms with van der Waals surface area (Å²) in [5.74, 6) is -2.55. The minimum absolute atomic E-state index is 0.159. The normalized spacial score (nSPS) is 12.1. The molecule has 0 saturated carbocycles. The van der Waals surface area contributed by atoms with Crippen molar-refractivity contribution >= 4 is 11.9 Å². The van der Waals surface area contributed by atoms with E-state index in [1.54, 1.807) is 6.92 Å². The molecule has 0 aromatic heterocycles. The standard InChI is InChI=1S/C10H10O4/c1-6(9(11)12)7-2-4-8(5-3-7)10(13)14/h2-6H,1H3,(H,11,12)(H,13,14)/t6-/m0/s1. The molecular formula is C10H10O4. The Labute approximate surface area is 80.8 Å². The molecule has 2 N–H and O–H groups in total. The van der Waals surface area contributed by atoms with Crippen LogP contribution in [0.4, 0.5) is 0 Å². The van der Waals surface area contributed by atoms with Crippen LogP contribution in [-0.4, -0.2) is 22.2 Å². The molecule has 1 rings (SSSR count). The van der Waals surface area contributed by atoms with Crippen molar-refractivity contribution in [1.82, 2.24) is 0 Å². The number of aliphatic carboxylic acids is 1. The molecule has 0 unspecified atom stereocenters. The van der Waals surface area contributed by atoms with Crippen molar-refractivity contribution in [2.24, 2.45) is 0 Å². The quantitative estimate of drug-likeness (QED) is 0.765. The molecule has 0 aliphatic carbocycles. The highest BCUT2D eigenvalue weighted by molar-refractivity contribution is 5.87. The number of carbonyl (C=O) groups is 2.